The highest BCUT2D eigenvalue weighted by atomic mass is 32.2. The van der Waals surface area contributed by atoms with Crippen molar-refractivity contribution in [1.82, 2.24) is 9.03 Å². The smallest absolute Gasteiger partial charge is 0.280 e. The molecule has 1 aromatic rings. The van der Waals surface area contributed by atoms with E-state index in [4.69, 9.17) is 4.42 Å². The van der Waals surface area contributed by atoms with Crippen molar-refractivity contribution < 1.29 is 17.9 Å². The molecule has 0 aliphatic carbocycles. The Morgan fingerprint density at radius 1 is 1.47 bits per heavy atom. The third kappa shape index (κ3) is 3.53. The fraction of sp³-hybridized carbons (Fsp3) is 0.600. The van der Waals surface area contributed by atoms with Gasteiger partial charge >= 0.3 is 0 Å². The molecule has 0 amide bonds. The van der Waals surface area contributed by atoms with Crippen LogP contribution in [0, 0.1) is 0 Å². The molecule has 1 heterocycles. The van der Waals surface area contributed by atoms with Crippen LogP contribution in [-0.4, -0.2) is 37.5 Å². The first-order chi connectivity index (χ1) is 8.05. The summed E-state index contributed by atoms with van der Waals surface area (Å²) in [6.45, 7) is 3.91. The SMILES string of the molecule is CCN(CC)S(=O)(=O)NC(CO)c1ccco1. The van der Waals surface area contributed by atoms with Gasteiger partial charge in [0.2, 0.25) is 0 Å². The van der Waals surface area contributed by atoms with Crippen molar-refractivity contribution in [2.24, 2.45) is 0 Å². The van der Waals surface area contributed by atoms with E-state index in [-0.39, 0.29) is 6.61 Å². The molecule has 1 rings (SSSR count). The molecule has 0 radical (unpaired) electrons. The first kappa shape index (κ1) is 14.2. The largest absolute Gasteiger partial charge is 0.468 e. The summed E-state index contributed by atoms with van der Waals surface area (Å²) in [5.41, 5.74) is 0. The van der Waals surface area contributed by atoms with Crippen LogP contribution in [0.3, 0.4) is 0 Å². The van der Waals surface area contributed by atoms with Crippen LogP contribution in [0.2, 0.25) is 0 Å². The predicted molar refractivity (Wildman–Crippen MR) is 63.5 cm³/mol. The lowest BCUT2D eigenvalue weighted by molar-refractivity contribution is 0.239. The van der Waals surface area contributed by atoms with Crippen LogP contribution in [0.4, 0.5) is 0 Å². The maximum atomic E-state index is 11.9. The molecule has 0 saturated carbocycles. The summed E-state index contributed by atoms with van der Waals surface area (Å²) < 4.78 is 32.6. The van der Waals surface area contributed by atoms with Gasteiger partial charge in [-0.1, -0.05) is 13.8 Å². The molecule has 2 N–H and O–H groups in total. The first-order valence-electron chi connectivity index (χ1n) is 5.46. The van der Waals surface area contributed by atoms with Gasteiger partial charge < -0.3 is 9.52 Å². The Labute approximate surface area is 101 Å². The van der Waals surface area contributed by atoms with Crippen molar-refractivity contribution in [2.45, 2.75) is 19.9 Å². The van der Waals surface area contributed by atoms with Gasteiger partial charge in [0, 0.05) is 13.1 Å². The zero-order valence-electron chi connectivity index (χ0n) is 9.96. The standard InChI is InChI=1S/C10H18N2O4S/c1-3-12(4-2)17(14,15)11-9(8-13)10-6-5-7-16-10/h5-7,9,11,13H,3-4,8H2,1-2H3. The Balaban J connectivity index is 2.81. The average Bonchev–Trinajstić information content (AvgIpc) is 2.80. The van der Waals surface area contributed by atoms with Crippen molar-refractivity contribution in [3.63, 3.8) is 0 Å². The molecule has 0 bridgehead atoms. The van der Waals surface area contributed by atoms with E-state index in [1.54, 1.807) is 26.0 Å². The van der Waals surface area contributed by atoms with Gasteiger partial charge in [0.1, 0.15) is 11.8 Å². The Kier molecular flexibility index (Phi) is 5.13. The third-order valence-corrected chi connectivity index (χ3v) is 4.18. The summed E-state index contributed by atoms with van der Waals surface area (Å²) in [4.78, 5) is 0. The van der Waals surface area contributed by atoms with Crippen molar-refractivity contribution in [2.75, 3.05) is 19.7 Å². The number of hydrogen-bond acceptors (Lipinski definition) is 4. The quantitative estimate of drug-likeness (QED) is 0.749. The molecule has 0 saturated heterocycles. The van der Waals surface area contributed by atoms with Crippen molar-refractivity contribution >= 4 is 10.2 Å². The van der Waals surface area contributed by atoms with Crippen LogP contribution in [0.25, 0.3) is 0 Å². The zero-order valence-corrected chi connectivity index (χ0v) is 10.8. The Morgan fingerprint density at radius 3 is 2.53 bits per heavy atom. The minimum absolute atomic E-state index is 0.353. The van der Waals surface area contributed by atoms with E-state index in [2.05, 4.69) is 4.72 Å². The van der Waals surface area contributed by atoms with Crippen LogP contribution in [-0.2, 0) is 10.2 Å². The van der Waals surface area contributed by atoms with E-state index in [9.17, 15) is 13.5 Å². The molecular formula is C10H18N2O4S. The van der Waals surface area contributed by atoms with E-state index in [1.165, 1.54) is 10.6 Å². The van der Waals surface area contributed by atoms with Crippen LogP contribution < -0.4 is 4.72 Å². The fourth-order valence-corrected chi connectivity index (χ4v) is 2.87. The summed E-state index contributed by atoms with van der Waals surface area (Å²) in [6.07, 6.45) is 1.43. The summed E-state index contributed by atoms with van der Waals surface area (Å²) in [6, 6.07) is 2.51. The molecule has 0 fully saturated rings. The monoisotopic (exact) mass is 262 g/mol. The van der Waals surface area contributed by atoms with E-state index >= 15 is 0 Å². The summed E-state index contributed by atoms with van der Waals surface area (Å²) in [5, 5.41) is 9.18. The molecule has 6 nitrogen and oxygen atoms in total. The van der Waals surface area contributed by atoms with Crippen LogP contribution in [0.15, 0.2) is 22.8 Å². The lowest BCUT2D eigenvalue weighted by atomic mass is 10.2. The summed E-state index contributed by atoms with van der Waals surface area (Å²) in [7, 11) is -3.60. The number of hydrogen-bond donors (Lipinski definition) is 2. The van der Waals surface area contributed by atoms with Gasteiger partial charge in [-0.2, -0.15) is 17.4 Å². The molecular weight excluding hydrogens is 244 g/mol. The molecule has 0 aliphatic heterocycles. The number of nitrogens with zero attached hydrogens (tertiary/aromatic N) is 1. The van der Waals surface area contributed by atoms with Crippen molar-refractivity contribution in [3.05, 3.63) is 24.2 Å². The number of nitrogens with one attached hydrogen (secondary N) is 1. The van der Waals surface area contributed by atoms with E-state index < -0.39 is 16.3 Å². The van der Waals surface area contributed by atoms with Gasteiger partial charge in [0.25, 0.3) is 10.2 Å². The number of rotatable bonds is 7. The van der Waals surface area contributed by atoms with Gasteiger partial charge in [-0.05, 0) is 12.1 Å². The number of aliphatic hydroxyl groups excluding tert-OH is 1. The van der Waals surface area contributed by atoms with Crippen LogP contribution >= 0.6 is 0 Å². The molecule has 98 valence electrons. The fourth-order valence-electron chi connectivity index (χ4n) is 1.49. The van der Waals surface area contributed by atoms with E-state index in [0.29, 0.717) is 18.8 Å². The van der Waals surface area contributed by atoms with Gasteiger partial charge in [-0.3, -0.25) is 0 Å². The molecule has 1 aromatic heterocycles. The second kappa shape index (κ2) is 6.15. The molecule has 1 atom stereocenters. The zero-order chi connectivity index (χ0) is 12.9. The Hall–Kier alpha value is -0.890. The maximum absolute atomic E-state index is 11.9. The molecule has 7 heteroatoms. The molecule has 0 aromatic carbocycles. The summed E-state index contributed by atoms with van der Waals surface area (Å²) >= 11 is 0. The van der Waals surface area contributed by atoms with Crippen molar-refractivity contribution in [1.29, 1.82) is 0 Å². The number of aliphatic hydroxyl groups is 1. The minimum atomic E-state index is -3.60. The van der Waals surface area contributed by atoms with Crippen molar-refractivity contribution in [3.8, 4) is 0 Å². The molecule has 1 unspecified atom stereocenters. The second-order valence-corrected chi connectivity index (χ2v) is 5.16. The topological polar surface area (TPSA) is 82.8 Å². The minimum Gasteiger partial charge on any atom is -0.468 e. The number of furan rings is 1. The molecule has 17 heavy (non-hydrogen) atoms. The van der Waals surface area contributed by atoms with Gasteiger partial charge in [0.15, 0.2) is 0 Å². The van der Waals surface area contributed by atoms with Gasteiger partial charge in [-0.15, -0.1) is 0 Å². The van der Waals surface area contributed by atoms with Crippen LogP contribution in [0.1, 0.15) is 25.6 Å². The predicted octanol–water partition coefficient (Wildman–Crippen LogP) is 0.489. The first-order valence-corrected chi connectivity index (χ1v) is 6.90. The Morgan fingerprint density at radius 2 is 2.12 bits per heavy atom. The van der Waals surface area contributed by atoms with E-state index in [0.717, 1.165) is 0 Å². The average molecular weight is 262 g/mol. The van der Waals surface area contributed by atoms with Gasteiger partial charge in [0.05, 0.1) is 12.9 Å². The van der Waals surface area contributed by atoms with Crippen LogP contribution in [0.5, 0.6) is 0 Å². The summed E-state index contributed by atoms with van der Waals surface area (Å²) in [5.74, 6) is 0.392. The van der Waals surface area contributed by atoms with Gasteiger partial charge in [-0.25, -0.2) is 0 Å². The lowest BCUT2D eigenvalue weighted by Crippen LogP contribution is -2.42. The third-order valence-electron chi connectivity index (χ3n) is 2.41. The maximum Gasteiger partial charge on any atom is 0.280 e. The highest BCUT2D eigenvalue weighted by Crippen LogP contribution is 2.14. The lowest BCUT2D eigenvalue weighted by Gasteiger charge is -2.22. The highest BCUT2D eigenvalue weighted by Gasteiger charge is 2.24. The molecule has 0 aliphatic rings. The Bertz CT molecular complexity index is 412. The normalized spacial score (nSPS) is 14.1. The second-order valence-electron chi connectivity index (χ2n) is 3.46. The van der Waals surface area contributed by atoms with E-state index in [1.807, 2.05) is 0 Å². The molecule has 0 spiro atoms. The highest BCUT2D eigenvalue weighted by molar-refractivity contribution is 7.87.